The van der Waals surface area contributed by atoms with Crippen LogP contribution in [0, 0.1) is 5.41 Å². The predicted octanol–water partition coefficient (Wildman–Crippen LogP) is 3.38. The molecule has 3 rings (SSSR count). The van der Waals surface area contributed by atoms with Crippen LogP contribution < -0.4 is 0 Å². The van der Waals surface area contributed by atoms with Gasteiger partial charge in [-0.3, -0.25) is 14.5 Å². The summed E-state index contributed by atoms with van der Waals surface area (Å²) in [5.74, 6) is 0.114. The van der Waals surface area contributed by atoms with Crippen molar-refractivity contribution in [2.75, 3.05) is 7.11 Å². The average Bonchev–Trinajstić information content (AvgIpc) is 2.93. The number of fused-ring (bicyclic) bond motifs is 1. The molecule has 1 aliphatic heterocycles. The first-order valence-electron chi connectivity index (χ1n) is 8.64. The molecule has 0 fully saturated rings. The Hall–Kier alpha value is -1.91. The van der Waals surface area contributed by atoms with Crippen molar-refractivity contribution in [2.24, 2.45) is 10.4 Å². The smallest absolute Gasteiger partial charge is 0.311 e. The quantitative estimate of drug-likeness (QED) is 0.782. The maximum Gasteiger partial charge on any atom is 0.311 e. The van der Waals surface area contributed by atoms with Gasteiger partial charge in [0.15, 0.2) is 0 Å². The summed E-state index contributed by atoms with van der Waals surface area (Å²) in [6.45, 7) is 8.54. The van der Waals surface area contributed by atoms with Gasteiger partial charge in [-0.15, -0.1) is 0 Å². The Kier molecular flexibility index (Phi) is 4.14. The molecule has 2 atom stereocenters. The van der Waals surface area contributed by atoms with E-state index in [1.54, 1.807) is 0 Å². The molecule has 24 heavy (non-hydrogen) atoms. The lowest BCUT2D eigenvalue weighted by Crippen LogP contribution is -2.36. The first kappa shape index (κ1) is 16.9. The Labute approximate surface area is 143 Å². The molecule has 1 aliphatic carbocycles. The second-order valence-corrected chi connectivity index (χ2v) is 8.14. The molecule has 2 aliphatic rings. The fraction of sp³-hybridized carbons (Fsp3) is 0.632. The van der Waals surface area contributed by atoms with Crippen LogP contribution >= 0.6 is 0 Å². The van der Waals surface area contributed by atoms with Crippen molar-refractivity contribution in [3.8, 4) is 0 Å². The van der Waals surface area contributed by atoms with Crippen molar-refractivity contribution in [2.45, 2.75) is 64.8 Å². The number of hydrogen-bond acceptors (Lipinski definition) is 4. The summed E-state index contributed by atoms with van der Waals surface area (Å²) in [4.78, 5) is 16.5. The van der Waals surface area contributed by atoms with Crippen LogP contribution in [0.15, 0.2) is 17.3 Å². The Bertz CT molecular complexity index is 709. The third kappa shape index (κ3) is 2.80. The zero-order valence-electron chi connectivity index (χ0n) is 15.3. The molecule has 0 amide bonds. The van der Waals surface area contributed by atoms with Crippen LogP contribution in [0.5, 0.6) is 0 Å². The number of carbonyl (C=O) groups excluding carboxylic acids is 1. The van der Waals surface area contributed by atoms with E-state index < -0.39 is 5.41 Å². The van der Waals surface area contributed by atoms with Crippen LogP contribution in [0.2, 0.25) is 0 Å². The van der Waals surface area contributed by atoms with Crippen LogP contribution in [-0.4, -0.2) is 29.1 Å². The Morgan fingerprint density at radius 3 is 2.75 bits per heavy atom. The van der Waals surface area contributed by atoms with Crippen LogP contribution in [-0.2, 0) is 27.9 Å². The van der Waals surface area contributed by atoms with Gasteiger partial charge in [-0.05, 0) is 58.9 Å². The number of aromatic nitrogens is 2. The van der Waals surface area contributed by atoms with Crippen molar-refractivity contribution in [1.82, 2.24) is 9.78 Å². The molecule has 0 saturated carbocycles. The molecule has 2 heterocycles. The third-order valence-electron chi connectivity index (χ3n) is 5.14. The fourth-order valence-corrected chi connectivity index (χ4v) is 3.77. The maximum atomic E-state index is 12.3. The van der Waals surface area contributed by atoms with Gasteiger partial charge in [0.05, 0.1) is 23.8 Å². The lowest BCUT2D eigenvalue weighted by atomic mass is 9.73. The Morgan fingerprint density at radius 2 is 2.17 bits per heavy atom. The third-order valence-corrected chi connectivity index (χ3v) is 5.14. The normalized spacial score (nSPS) is 26.3. The molecular formula is C19H27N3O2. The molecule has 0 N–H and O–H groups in total. The van der Waals surface area contributed by atoms with E-state index >= 15 is 0 Å². The predicted molar refractivity (Wildman–Crippen MR) is 94.4 cm³/mol. The molecule has 0 spiro atoms. The zero-order chi connectivity index (χ0) is 17.5. The summed E-state index contributed by atoms with van der Waals surface area (Å²) in [5.41, 5.74) is 3.06. The molecule has 2 unspecified atom stereocenters. The van der Waals surface area contributed by atoms with Crippen molar-refractivity contribution in [3.05, 3.63) is 29.2 Å². The average molecular weight is 329 g/mol. The van der Waals surface area contributed by atoms with Gasteiger partial charge in [0, 0.05) is 24.0 Å². The van der Waals surface area contributed by atoms with Crippen LogP contribution in [0.25, 0.3) is 0 Å². The molecular weight excluding hydrogens is 302 g/mol. The molecule has 0 aromatic carbocycles. The number of rotatable bonds is 2. The van der Waals surface area contributed by atoms with E-state index in [4.69, 9.17) is 9.84 Å². The van der Waals surface area contributed by atoms with Crippen LogP contribution in [0.3, 0.4) is 0 Å². The highest BCUT2D eigenvalue weighted by Gasteiger charge is 2.42. The fourth-order valence-electron chi connectivity index (χ4n) is 3.77. The van der Waals surface area contributed by atoms with E-state index in [2.05, 4.69) is 36.5 Å². The van der Waals surface area contributed by atoms with Crippen molar-refractivity contribution >= 4 is 12.2 Å². The van der Waals surface area contributed by atoms with E-state index in [0.29, 0.717) is 6.42 Å². The van der Waals surface area contributed by atoms with E-state index in [-0.39, 0.29) is 17.4 Å². The molecule has 0 bridgehead atoms. The number of aliphatic imine (C=N–C) groups is 1. The van der Waals surface area contributed by atoms with Crippen LogP contribution in [0.4, 0.5) is 0 Å². The summed E-state index contributed by atoms with van der Waals surface area (Å²) >= 11 is 0. The second-order valence-electron chi connectivity index (χ2n) is 8.14. The first-order valence-corrected chi connectivity index (χ1v) is 8.64. The highest BCUT2D eigenvalue weighted by molar-refractivity contribution is 5.77. The number of hydrogen-bond donors (Lipinski definition) is 0. The van der Waals surface area contributed by atoms with Crippen LogP contribution in [0.1, 0.15) is 63.4 Å². The summed E-state index contributed by atoms with van der Waals surface area (Å²) in [6.07, 6.45) is 9.11. The Balaban J connectivity index is 2.08. The molecule has 130 valence electrons. The summed E-state index contributed by atoms with van der Waals surface area (Å²) in [5, 5.41) is 4.99. The van der Waals surface area contributed by atoms with E-state index in [1.165, 1.54) is 18.4 Å². The molecule has 5 heteroatoms. The number of ether oxygens (including phenoxy) is 1. The van der Waals surface area contributed by atoms with Gasteiger partial charge in [-0.25, -0.2) is 0 Å². The summed E-state index contributed by atoms with van der Waals surface area (Å²) < 4.78 is 7.23. The van der Waals surface area contributed by atoms with Gasteiger partial charge >= 0.3 is 5.97 Å². The Morgan fingerprint density at radius 1 is 1.42 bits per heavy atom. The van der Waals surface area contributed by atoms with E-state index in [1.807, 2.05) is 19.3 Å². The molecule has 1 aromatic rings. The van der Waals surface area contributed by atoms with Gasteiger partial charge in [-0.2, -0.15) is 5.10 Å². The highest BCUT2D eigenvalue weighted by Crippen LogP contribution is 2.41. The highest BCUT2D eigenvalue weighted by atomic mass is 16.5. The number of carbonyl (C=O) groups is 1. The van der Waals surface area contributed by atoms with Gasteiger partial charge in [0.1, 0.15) is 0 Å². The zero-order valence-corrected chi connectivity index (χ0v) is 15.3. The number of methoxy groups -OCH3 is 1. The van der Waals surface area contributed by atoms with Crippen molar-refractivity contribution in [3.63, 3.8) is 0 Å². The van der Waals surface area contributed by atoms with E-state index in [0.717, 1.165) is 25.0 Å². The molecule has 5 nitrogen and oxygen atoms in total. The standard InChI is InChI=1S/C19H27N3O2/c1-18(2,3)22-15-6-9-19(4,17(23)24-5)12-14(15)16(21-22)13-7-10-20-11-8-13/h7,10-11,13H,6,8-9,12H2,1-5H3. The molecule has 0 radical (unpaired) electrons. The topological polar surface area (TPSA) is 56.5 Å². The maximum absolute atomic E-state index is 12.3. The summed E-state index contributed by atoms with van der Waals surface area (Å²) in [7, 11) is 1.48. The van der Waals surface area contributed by atoms with Crippen molar-refractivity contribution < 1.29 is 9.53 Å². The van der Waals surface area contributed by atoms with E-state index in [9.17, 15) is 4.79 Å². The first-order chi connectivity index (χ1) is 11.3. The minimum Gasteiger partial charge on any atom is -0.469 e. The lowest BCUT2D eigenvalue weighted by molar-refractivity contribution is -0.152. The number of esters is 1. The largest absolute Gasteiger partial charge is 0.469 e. The lowest BCUT2D eigenvalue weighted by Gasteiger charge is -2.33. The monoisotopic (exact) mass is 329 g/mol. The summed E-state index contributed by atoms with van der Waals surface area (Å²) in [6, 6.07) is 0. The van der Waals surface area contributed by atoms with Gasteiger partial charge in [0.2, 0.25) is 0 Å². The minimum atomic E-state index is -0.464. The minimum absolute atomic E-state index is 0.0756. The van der Waals surface area contributed by atoms with Gasteiger partial charge in [-0.1, -0.05) is 6.08 Å². The number of nitrogens with zero attached hydrogens (tertiary/aromatic N) is 3. The number of allylic oxidation sites excluding steroid dienone is 1. The molecule has 1 aromatic heterocycles. The molecule has 0 saturated heterocycles. The van der Waals surface area contributed by atoms with Gasteiger partial charge < -0.3 is 4.74 Å². The van der Waals surface area contributed by atoms with Gasteiger partial charge in [0.25, 0.3) is 0 Å². The van der Waals surface area contributed by atoms with Crippen molar-refractivity contribution in [1.29, 1.82) is 0 Å². The second kappa shape index (κ2) is 5.87. The SMILES string of the molecule is COC(=O)C1(C)CCc2c(c(C3C=CN=CC3)nn2C(C)(C)C)C1.